The van der Waals surface area contributed by atoms with Gasteiger partial charge in [0.2, 0.25) is 0 Å². The second kappa shape index (κ2) is 4.09. The lowest BCUT2D eigenvalue weighted by atomic mass is 10.1. The molecule has 0 unspecified atom stereocenters. The molecule has 1 aromatic carbocycles. The van der Waals surface area contributed by atoms with Crippen LogP contribution in [0.1, 0.15) is 11.1 Å². The van der Waals surface area contributed by atoms with Gasteiger partial charge >= 0.3 is 0 Å². The Bertz CT molecular complexity index is 258. The number of aliphatic hydroxyl groups excluding tert-OH is 2. The summed E-state index contributed by atoms with van der Waals surface area (Å²) in [5.74, 6) is 0.615. The number of methoxy groups -OCH3 is 1. The molecular formula is C9H12O3. The Kier molecular flexibility index (Phi) is 3.08. The Hall–Kier alpha value is -1.06. The molecule has 0 aliphatic heterocycles. The van der Waals surface area contributed by atoms with Crippen LogP contribution in [0, 0.1) is 0 Å². The molecule has 0 spiro atoms. The number of hydrogen-bond donors (Lipinski definition) is 2. The molecule has 0 saturated carbocycles. The van der Waals surface area contributed by atoms with Crippen molar-refractivity contribution >= 4 is 0 Å². The van der Waals surface area contributed by atoms with Gasteiger partial charge in [-0.3, -0.25) is 0 Å². The van der Waals surface area contributed by atoms with Crippen LogP contribution >= 0.6 is 0 Å². The van der Waals surface area contributed by atoms with Crippen LogP contribution in [0.25, 0.3) is 0 Å². The third kappa shape index (κ3) is 1.75. The monoisotopic (exact) mass is 168 g/mol. The first kappa shape index (κ1) is 9.03. The smallest absolute Gasteiger partial charge is 0.124 e. The Morgan fingerprint density at radius 1 is 1.25 bits per heavy atom. The van der Waals surface area contributed by atoms with Crippen LogP contribution in [0.3, 0.4) is 0 Å². The summed E-state index contributed by atoms with van der Waals surface area (Å²) in [5.41, 5.74) is 1.51. The zero-order valence-electron chi connectivity index (χ0n) is 6.95. The van der Waals surface area contributed by atoms with Crippen molar-refractivity contribution in [3.63, 3.8) is 0 Å². The second-order valence-electron chi connectivity index (χ2n) is 2.46. The first-order chi connectivity index (χ1) is 5.81. The Balaban J connectivity index is 3.02. The molecule has 0 bridgehead atoms. The molecule has 12 heavy (non-hydrogen) atoms. The van der Waals surface area contributed by atoms with E-state index in [1.165, 1.54) is 7.11 Å². The van der Waals surface area contributed by atoms with E-state index in [-0.39, 0.29) is 13.2 Å². The van der Waals surface area contributed by atoms with Crippen molar-refractivity contribution in [2.45, 2.75) is 13.2 Å². The molecule has 66 valence electrons. The lowest BCUT2D eigenvalue weighted by molar-refractivity contribution is 0.270. The van der Waals surface area contributed by atoms with E-state index in [1.807, 2.05) is 0 Å². The molecular weight excluding hydrogens is 156 g/mol. The number of rotatable bonds is 3. The third-order valence-electron chi connectivity index (χ3n) is 1.70. The summed E-state index contributed by atoms with van der Waals surface area (Å²) in [6.45, 7) is -0.0586. The molecule has 0 aliphatic rings. The van der Waals surface area contributed by atoms with Gasteiger partial charge in [0, 0.05) is 5.56 Å². The van der Waals surface area contributed by atoms with E-state index < -0.39 is 0 Å². The van der Waals surface area contributed by atoms with Crippen LogP contribution in [0.15, 0.2) is 18.2 Å². The van der Waals surface area contributed by atoms with Crippen molar-refractivity contribution in [1.29, 1.82) is 0 Å². The van der Waals surface area contributed by atoms with E-state index >= 15 is 0 Å². The average molecular weight is 168 g/mol. The van der Waals surface area contributed by atoms with E-state index in [4.69, 9.17) is 14.9 Å². The van der Waals surface area contributed by atoms with Gasteiger partial charge in [0.1, 0.15) is 5.75 Å². The van der Waals surface area contributed by atoms with Crippen molar-refractivity contribution in [2.75, 3.05) is 7.11 Å². The fourth-order valence-corrected chi connectivity index (χ4v) is 1.02. The van der Waals surface area contributed by atoms with Crippen molar-refractivity contribution in [3.8, 4) is 5.75 Å². The van der Waals surface area contributed by atoms with Gasteiger partial charge in [-0.2, -0.15) is 0 Å². The first-order valence-corrected chi connectivity index (χ1v) is 3.69. The molecule has 0 atom stereocenters. The van der Waals surface area contributed by atoms with Gasteiger partial charge in [-0.25, -0.2) is 0 Å². The average Bonchev–Trinajstić information content (AvgIpc) is 2.16. The van der Waals surface area contributed by atoms with Gasteiger partial charge in [0.05, 0.1) is 20.3 Å². The highest BCUT2D eigenvalue weighted by Gasteiger charge is 2.01. The van der Waals surface area contributed by atoms with Crippen LogP contribution in [0.4, 0.5) is 0 Å². The number of hydrogen-bond acceptors (Lipinski definition) is 3. The Labute approximate surface area is 71.2 Å². The van der Waals surface area contributed by atoms with E-state index in [9.17, 15) is 0 Å². The number of benzene rings is 1. The van der Waals surface area contributed by atoms with Crippen molar-refractivity contribution in [2.24, 2.45) is 0 Å². The van der Waals surface area contributed by atoms with Gasteiger partial charge in [-0.1, -0.05) is 12.1 Å². The fraction of sp³-hybridized carbons (Fsp3) is 0.333. The minimum absolute atomic E-state index is 0.0118. The molecule has 2 N–H and O–H groups in total. The van der Waals surface area contributed by atoms with Crippen molar-refractivity contribution in [3.05, 3.63) is 29.3 Å². The van der Waals surface area contributed by atoms with Crippen LogP contribution in [-0.4, -0.2) is 17.3 Å². The summed E-state index contributed by atoms with van der Waals surface area (Å²) >= 11 is 0. The molecule has 0 fully saturated rings. The molecule has 3 heteroatoms. The highest BCUT2D eigenvalue weighted by Crippen LogP contribution is 2.19. The molecule has 0 aliphatic carbocycles. The lowest BCUT2D eigenvalue weighted by Gasteiger charge is -2.06. The zero-order chi connectivity index (χ0) is 8.97. The quantitative estimate of drug-likeness (QED) is 0.697. The first-order valence-electron chi connectivity index (χ1n) is 3.69. The van der Waals surface area contributed by atoms with Crippen molar-refractivity contribution < 1.29 is 14.9 Å². The SMILES string of the molecule is COc1cc(CO)ccc1CO. The van der Waals surface area contributed by atoms with E-state index in [0.717, 1.165) is 11.1 Å². The number of ether oxygens (including phenoxy) is 1. The zero-order valence-corrected chi connectivity index (χ0v) is 6.95. The molecule has 0 amide bonds. The normalized spacial score (nSPS) is 9.92. The molecule has 3 nitrogen and oxygen atoms in total. The van der Waals surface area contributed by atoms with Crippen LogP contribution in [-0.2, 0) is 13.2 Å². The van der Waals surface area contributed by atoms with Crippen LogP contribution in [0.5, 0.6) is 5.75 Å². The molecule has 1 aromatic rings. The largest absolute Gasteiger partial charge is 0.496 e. The predicted octanol–water partition coefficient (Wildman–Crippen LogP) is 0.680. The van der Waals surface area contributed by atoms with E-state index in [2.05, 4.69) is 0 Å². The Morgan fingerprint density at radius 2 is 2.00 bits per heavy atom. The van der Waals surface area contributed by atoms with Crippen molar-refractivity contribution in [1.82, 2.24) is 0 Å². The summed E-state index contributed by atoms with van der Waals surface area (Å²) in [7, 11) is 1.54. The minimum atomic E-state index is -0.0467. The summed E-state index contributed by atoms with van der Waals surface area (Å²) < 4.78 is 5.01. The van der Waals surface area contributed by atoms with Crippen LogP contribution < -0.4 is 4.74 Å². The summed E-state index contributed by atoms with van der Waals surface area (Å²) in [4.78, 5) is 0. The second-order valence-corrected chi connectivity index (χ2v) is 2.46. The topological polar surface area (TPSA) is 49.7 Å². The standard InChI is InChI=1S/C9H12O3/c1-12-9-4-7(5-10)2-3-8(9)6-11/h2-4,10-11H,5-6H2,1H3. The highest BCUT2D eigenvalue weighted by atomic mass is 16.5. The molecule has 0 aromatic heterocycles. The maximum absolute atomic E-state index is 8.87. The molecule has 0 heterocycles. The molecule has 0 saturated heterocycles. The van der Waals surface area contributed by atoms with Gasteiger partial charge in [0.25, 0.3) is 0 Å². The van der Waals surface area contributed by atoms with E-state index in [1.54, 1.807) is 18.2 Å². The fourth-order valence-electron chi connectivity index (χ4n) is 1.02. The number of aliphatic hydroxyl groups is 2. The maximum atomic E-state index is 8.87. The van der Waals surface area contributed by atoms with E-state index in [0.29, 0.717) is 5.75 Å². The van der Waals surface area contributed by atoms with Gasteiger partial charge in [0.15, 0.2) is 0 Å². The maximum Gasteiger partial charge on any atom is 0.124 e. The molecule has 0 radical (unpaired) electrons. The van der Waals surface area contributed by atoms with Gasteiger partial charge < -0.3 is 14.9 Å². The lowest BCUT2D eigenvalue weighted by Crippen LogP contribution is -1.93. The minimum Gasteiger partial charge on any atom is -0.496 e. The van der Waals surface area contributed by atoms with Gasteiger partial charge in [-0.15, -0.1) is 0 Å². The van der Waals surface area contributed by atoms with Crippen LogP contribution in [0.2, 0.25) is 0 Å². The van der Waals surface area contributed by atoms with Gasteiger partial charge in [-0.05, 0) is 11.6 Å². The molecule has 1 rings (SSSR count). The third-order valence-corrected chi connectivity index (χ3v) is 1.70. The highest BCUT2D eigenvalue weighted by molar-refractivity contribution is 5.36. The summed E-state index contributed by atoms with van der Waals surface area (Å²) in [6, 6.07) is 5.21. The predicted molar refractivity (Wildman–Crippen MR) is 44.8 cm³/mol. The summed E-state index contributed by atoms with van der Waals surface area (Å²) in [6.07, 6.45) is 0. The summed E-state index contributed by atoms with van der Waals surface area (Å²) in [5, 5.41) is 17.7. The Morgan fingerprint density at radius 3 is 2.50 bits per heavy atom.